The first kappa shape index (κ1) is 14.1. The monoisotopic (exact) mass is 301 g/mol. The Morgan fingerprint density at radius 3 is 2.67 bits per heavy atom. The van der Waals surface area contributed by atoms with Gasteiger partial charge in [-0.05, 0) is 30.2 Å². The van der Waals surface area contributed by atoms with E-state index in [2.05, 4.69) is 29.6 Å². The largest absolute Gasteiger partial charge is 0.493 e. The Morgan fingerprint density at radius 2 is 1.86 bits per heavy atom. The summed E-state index contributed by atoms with van der Waals surface area (Å²) in [4.78, 5) is 1.38. The molecule has 1 N–H and O–H groups in total. The molecule has 2 aromatic carbocycles. The smallest absolute Gasteiger partial charge is 0.162 e. The molecule has 110 valence electrons. The molecule has 0 saturated carbocycles. The molecule has 1 atom stereocenters. The summed E-state index contributed by atoms with van der Waals surface area (Å²) in [5, 5.41) is 3.61. The van der Waals surface area contributed by atoms with Gasteiger partial charge in [0.05, 0.1) is 20.3 Å². The number of nitrogens with one attached hydrogen (secondary N) is 1. The van der Waals surface area contributed by atoms with Crippen LogP contribution in [0.15, 0.2) is 47.4 Å². The number of fused-ring (bicyclic) bond motifs is 1. The standard InChI is InChI=1S/C17H19NO2S/c1-19-15-8-7-12(11-16(15)20-2)18-14-9-10-21-17-6-4-3-5-13(14)17/h3-8,11,14,18H,9-10H2,1-2H3. The van der Waals surface area contributed by atoms with Gasteiger partial charge in [0.1, 0.15) is 0 Å². The fraction of sp³-hybridized carbons (Fsp3) is 0.294. The predicted octanol–water partition coefficient (Wildman–Crippen LogP) is 4.35. The lowest BCUT2D eigenvalue weighted by Crippen LogP contribution is -2.16. The maximum absolute atomic E-state index is 5.37. The molecule has 1 aliphatic rings. The van der Waals surface area contributed by atoms with Gasteiger partial charge >= 0.3 is 0 Å². The van der Waals surface area contributed by atoms with Crippen LogP contribution in [0.4, 0.5) is 5.69 Å². The quantitative estimate of drug-likeness (QED) is 0.909. The second-order valence-electron chi connectivity index (χ2n) is 4.94. The minimum Gasteiger partial charge on any atom is -0.493 e. The van der Waals surface area contributed by atoms with Crippen molar-refractivity contribution in [2.45, 2.75) is 17.4 Å². The van der Waals surface area contributed by atoms with E-state index < -0.39 is 0 Å². The van der Waals surface area contributed by atoms with Gasteiger partial charge in [0, 0.05) is 22.4 Å². The van der Waals surface area contributed by atoms with Crippen molar-refractivity contribution in [1.29, 1.82) is 0 Å². The third-order valence-electron chi connectivity index (χ3n) is 3.68. The van der Waals surface area contributed by atoms with E-state index in [9.17, 15) is 0 Å². The molecule has 0 radical (unpaired) electrons. The molecule has 0 fully saturated rings. The number of ether oxygens (including phenoxy) is 2. The molecule has 1 unspecified atom stereocenters. The maximum atomic E-state index is 5.37. The summed E-state index contributed by atoms with van der Waals surface area (Å²) >= 11 is 1.93. The first-order chi connectivity index (χ1) is 10.3. The summed E-state index contributed by atoms with van der Waals surface area (Å²) in [6.45, 7) is 0. The molecule has 0 amide bonds. The topological polar surface area (TPSA) is 30.5 Å². The SMILES string of the molecule is COc1ccc(NC2CCSc3ccccc32)cc1OC. The summed E-state index contributed by atoms with van der Waals surface area (Å²) < 4.78 is 10.6. The number of anilines is 1. The van der Waals surface area contributed by atoms with E-state index in [0.29, 0.717) is 6.04 Å². The van der Waals surface area contributed by atoms with Crippen molar-refractivity contribution in [2.24, 2.45) is 0 Å². The van der Waals surface area contributed by atoms with Gasteiger partial charge in [-0.15, -0.1) is 11.8 Å². The van der Waals surface area contributed by atoms with Crippen molar-refractivity contribution in [3.8, 4) is 11.5 Å². The van der Waals surface area contributed by atoms with Crippen molar-refractivity contribution in [2.75, 3.05) is 25.3 Å². The predicted molar refractivity (Wildman–Crippen MR) is 87.7 cm³/mol. The van der Waals surface area contributed by atoms with Crippen LogP contribution in [-0.2, 0) is 0 Å². The summed E-state index contributed by atoms with van der Waals surface area (Å²) in [5.74, 6) is 2.64. The number of hydrogen-bond acceptors (Lipinski definition) is 4. The molecule has 1 heterocycles. The van der Waals surface area contributed by atoms with E-state index in [1.807, 2.05) is 30.0 Å². The van der Waals surface area contributed by atoms with Crippen molar-refractivity contribution in [1.82, 2.24) is 0 Å². The van der Waals surface area contributed by atoms with Gasteiger partial charge < -0.3 is 14.8 Å². The van der Waals surface area contributed by atoms with E-state index in [4.69, 9.17) is 9.47 Å². The van der Waals surface area contributed by atoms with Gasteiger partial charge in [-0.25, -0.2) is 0 Å². The van der Waals surface area contributed by atoms with Gasteiger partial charge in [-0.1, -0.05) is 18.2 Å². The minimum absolute atomic E-state index is 0.348. The number of rotatable bonds is 4. The molecule has 0 aliphatic carbocycles. The lowest BCUT2D eigenvalue weighted by molar-refractivity contribution is 0.355. The maximum Gasteiger partial charge on any atom is 0.162 e. The van der Waals surface area contributed by atoms with Gasteiger partial charge in [0.2, 0.25) is 0 Å². The molecule has 3 rings (SSSR count). The average Bonchev–Trinajstić information content (AvgIpc) is 2.55. The Bertz CT molecular complexity index is 630. The Labute approximate surface area is 129 Å². The minimum atomic E-state index is 0.348. The van der Waals surface area contributed by atoms with Crippen LogP contribution in [0.25, 0.3) is 0 Å². The number of thioether (sulfide) groups is 1. The lowest BCUT2D eigenvalue weighted by Gasteiger charge is -2.27. The molecule has 0 spiro atoms. The van der Waals surface area contributed by atoms with Crippen LogP contribution in [0.2, 0.25) is 0 Å². The summed E-state index contributed by atoms with van der Waals surface area (Å²) in [6, 6.07) is 14.9. The van der Waals surface area contributed by atoms with Crippen LogP contribution in [-0.4, -0.2) is 20.0 Å². The van der Waals surface area contributed by atoms with Crippen LogP contribution in [0.1, 0.15) is 18.0 Å². The van der Waals surface area contributed by atoms with Crippen molar-refractivity contribution in [3.63, 3.8) is 0 Å². The normalized spacial score (nSPS) is 17.0. The second kappa shape index (κ2) is 6.31. The van der Waals surface area contributed by atoms with E-state index in [1.54, 1.807) is 14.2 Å². The molecule has 0 saturated heterocycles. The second-order valence-corrected chi connectivity index (χ2v) is 6.08. The zero-order valence-electron chi connectivity index (χ0n) is 12.3. The van der Waals surface area contributed by atoms with Crippen LogP contribution < -0.4 is 14.8 Å². The van der Waals surface area contributed by atoms with Crippen LogP contribution >= 0.6 is 11.8 Å². The molecule has 0 aromatic heterocycles. The molecule has 21 heavy (non-hydrogen) atoms. The molecule has 3 nitrogen and oxygen atoms in total. The highest BCUT2D eigenvalue weighted by atomic mass is 32.2. The van der Waals surface area contributed by atoms with Gasteiger partial charge in [-0.3, -0.25) is 0 Å². The summed E-state index contributed by atoms with van der Waals surface area (Å²) in [7, 11) is 3.31. The molecular formula is C17H19NO2S. The highest BCUT2D eigenvalue weighted by Gasteiger charge is 2.20. The zero-order valence-corrected chi connectivity index (χ0v) is 13.1. The molecular weight excluding hydrogens is 282 g/mol. The fourth-order valence-corrected chi connectivity index (χ4v) is 3.74. The van der Waals surface area contributed by atoms with E-state index >= 15 is 0 Å². The van der Waals surface area contributed by atoms with E-state index in [0.717, 1.165) is 29.4 Å². The molecule has 0 bridgehead atoms. The van der Waals surface area contributed by atoms with Gasteiger partial charge in [0.15, 0.2) is 11.5 Å². The van der Waals surface area contributed by atoms with Crippen LogP contribution in [0, 0.1) is 0 Å². The van der Waals surface area contributed by atoms with Gasteiger partial charge in [-0.2, -0.15) is 0 Å². The van der Waals surface area contributed by atoms with Gasteiger partial charge in [0.25, 0.3) is 0 Å². The Kier molecular flexibility index (Phi) is 4.25. The average molecular weight is 301 g/mol. The fourth-order valence-electron chi connectivity index (χ4n) is 2.62. The van der Waals surface area contributed by atoms with Crippen LogP contribution in [0.3, 0.4) is 0 Å². The third-order valence-corrected chi connectivity index (χ3v) is 4.81. The van der Waals surface area contributed by atoms with E-state index in [1.165, 1.54) is 10.5 Å². The molecule has 4 heteroatoms. The number of methoxy groups -OCH3 is 2. The third kappa shape index (κ3) is 2.95. The Hall–Kier alpha value is -1.81. The summed E-state index contributed by atoms with van der Waals surface area (Å²) in [5.41, 5.74) is 2.43. The molecule has 2 aromatic rings. The van der Waals surface area contributed by atoms with E-state index in [-0.39, 0.29) is 0 Å². The lowest BCUT2D eigenvalue weighted by atomic mass is 10.0. The highest BCUT2D eigenvalue weighted by molar-refractivity contribution is 7.99. The van der Waals surface area contributed by atoms with Crippen molar-refractivity contribution < 1.29 is 9.47 Å². The summed E-state index contributed by atoms with van der Waals surface area (Å²) in [6.07, 6.45) is 1.12. The Balaban J connectivity index is 1.85. The zero-order chi connectivity index (χ0) is 14.7. The molecule has 1 aliphatic heterocycles. The van der Waals surface area contributed by atoms with Crippen molar-refractivity contribution >= 4 is 17.4 Å². The Morgan fingerprint density at radius 1 is 1.05 bits per heavy atom. The first-order valence-electron chi connectivity index (χ1n) is 7.02. The number of hydrogen-bond donors (Lipinski definition) is 1. The van der Waals surface area contributed by atoms with Crippen LogP contribution in [0.5, 0.6) is 11.5 Å². The number of benzene rings is 2. The van der Waals surface area contributed by atoms with Crippen molar-refractivity contribution in [3.05, 3.63) is 48.0 Å². The first-order valence-corrected chi connectivity index (χ1v) is 8.00. The highest BCUT2D eigenvalue weighted by Crippen LogP contribution is 2.38.